The minimum atomic E-state index is -3.66. The number of hydrogen-bond acceptors (Lipinski definition) is 6. The van der Waals surface area contributed by atoms with Crippen LogP contribution in [0.2, 0.25) is 0 Å². The number of non-ortho nitro benzene ring substituents is 1. The molecule has 0 spiro atoms. The van der Waals surface area contributed by atoms with Crippen LogP contribution in [0.3, 0.4) is 0 Å². The molecule has 0 atom stereocenters. The van der Waals surface area contributed by atoms with Crippen molar-refractivity contribution in [2.45, 2.75) is 13.8 Å². The van der Waals surface area contributed by atoms with Gasteiger partial charge in [0.25, 0.3) is 5.69 Å². The molecule has 0 unspecified atom stereocenters. The second-order valence-corrected chi connectivity index (χ2v) is 5.82. The lowest BCUT2D eigenvalue weighted by Gasteiger charge is -2.15. The van der Waals surface area contributed by atoms with Gasteiger partial charge in [0.2, 0.25) is 0 Å². The zero-order chi connectivity index (χ0) is 15.9. The first-order valence-corrected chi connectivity index (χ1v) is 7.77. The van der Waals surface area contributed by atoms with E-state index in [1.165, 1.54) is 30.3 Å². The molecule has 21 heavy (non-hydrogen) atoms. The lowest BCUT2D eigenvalue weighted by molar-refractivity contribution is -0.384. The number of rotatable bonds is 7. The first-order valence-electron chi connectivity index (χ1n) is 6.22. The van der Waals surface area contributed by atoms with Crippen molar-refractivity contribution in [3.05, 3.63) is 45.3 Å². The van der Waals surface area contributed by atoms with Gasteiger partial charge in [0.15, 0.2) is 0 Å². The summed E-state index contributed by atoms with van der Waals surface area (Å²) in [6.07, 6.45) is 1.34. The van der Waals surface area contributed by atoms with Crippen molar-refractivity contribution in [1.82, 2.24) is 0 Å². The highest BCUT2D eigenvalue weighted by atomic mass is 31.2. The van der Waals surface area contributed by atoms with E-state index >= 15 is 0 Å². The molecule has 0 saturated carbocycles. The highest BCUT2D eigenvalue weighted by molar-refractivity contribution is 7.59. The topological polar surface area (TPSA) is 102 Å². The summed E-state index contributed by atoms with van der Waals surface area (Å²) in [4.78, 5) is 10.0. The van der Waals surface area contributed by atoms with E-state index in [0.717, 1.165) is 0 Å². The van der Waals surface area contributed by atoms with Crippen molar-refractivity contribution in [2.24, 2.45) is 0 Å². The third-order valence-electron chi connectivity index (χ3n) is 2.42. The maximum atomic E-state index is 12.5. The van der Waals surface area contributed by atoms with Crippen LogP contribution in [0.1, 0.15) is 19.4 Å². The van der Waals surface area contributed by atoms with Gasteiger partial charge in [-0.1, -0.05) is 0 Å². The van der Waals surface area contributed by atoms with Gasteiger partial charge >= 0.3 is 7.60 Å². The first-order chi connectivity index (χ1) is 9.96. The summed E-state index contributed by atoms with van der Waals surface area (Å²) >= 11 is 0. The summed E-state index contributed by atoms with van der Waals surface area (Å²) in [6, 6.07) is 7.32. The Morgan fingerprint density at radius 2 is 1.86 bits per heavy atom. The molecule has 0 N–H and O–H groups in total. The number of nitro benzene ring substituents is 1. The fourth-order valence-corrected chi connectivity index (χ4v) is 3.00. The molecule has 0 aliphatic heterocycles. The van der Waals surface area contributed by atoms with Crippen LogP contribution in [0, 0.1) is 21.4 Å². The van der Waals surface area contributed by atoms with E-state index in [-0.39, 0.29) is 24.2 Å². The van der Waals surface area contributed by atoms with E-state index in [2.05, 4.69) is 0 Å². The van der Waals surface area contributed by atoms with Crippen LogP contribution in [0.25, 0.3) is 6.08 Å². The van der Waals surface area contributed by atoms with Gasteiger partial charge in [-0.05, 0) is 37.6 Å². The standard InChI is InChI=1S/C13H15N2O5P/c1-3-19-21(18,20-4-2)13(10-14)9-11-5-7-12(8-6-11)15(16)17/h5-9H,3-4H2,1-2H3/b13-9+. The number of nitrogens with zero attached hydrogens (tertiary/aromatic N) is 2. The van der Waals surface area contributed by atoms with Gasteiger partial charge in [-0.2, -0.15) is 5.26 Å². The zero-order valence-corrected chi connectivity index (χ0v) is 12.6. The largest absolute Gasteiger partial charge is 0.371 e. The van der Waals surface area contributed by atoms with Crippen LogP contribution in [0.5, 0.6) is 0 Å². The summed E-state index contributed by atoms with van der Waals surface area (Å²) in [7, 11) is -3.66. The number of benzene rings is 1. The van der Waals surface area contributed by atoms with Crippen LogP contribution >= 0.6 is 7.60 Å². The maximum absolute atomic E-state index is 12.5. The first kappa shape index (κ1) is 17.1. The van der Waals surface area contributed by atoms with Crippen LogP contribution in [0.4, 0.5) is 5.69 Å². The average molecular weight is 310 g/mol. The van der Waals surface area contributed by atoms with Crippen LogP contribution in [0.15, 0.2) is 29.6 Å². The molecule has 0 fully saturated rings. The lowest BCUT2D eigenvalue weighted by Crippen LogP contribution is -1.97. The Balaban J connectivity index is 3.15. The fraction of sp³-hybridized carbons (Fsp3) is 0.308. The normalized spacial score (nSPS) is 12.0. The van der Waals surface area contributed by atoms with Gasteiger partial charge in [0.05, 0.1) is 18.1 Å². The smallest absolute Gasteiger partial charge is 0.305 e. The monoisotopic (exact) mass is 310 g/mol. The molecule has 0 aromatic heterocycles. The van der Waals surface area contributed by atoms with E-state index in [1.807, 2.05) is 6.07 Å². The summed E-state index contributed by atoms with van der Waals surface area (Å²) in [6.45, 7) is 3.56. The molecule has 0 aliphatic carbocycles. The van der Waals surface area contributed by atoms with Crippen molar-refractivity contribution in [1.29, 1.82) is 5.26 Å². The van der Waals surface area contributed by atoms with Gasteiger partial charge in [-0.15, -0.1) is 0 Å². The zero-order valence-electron chi connectivity index (χ0n) is 11.7. The fourth-order valence-electron chi connectivity index (χ4n) is 1.54. The molecule has 0 bridgehead atoms. The Kier molecular flexibility index (Phi) is 6.25. The number of nitro groups is 1. The van der Waals surface area contributed by atoms with Crippen molar-refractivity contribution in [2.75, 3.05) is 13.2 Å². The van der Waals surface area contributed by atoms with Crippen LogP contribution in [-0.2, 0) is 13.6 Å². The third-order valence-corrected chi connectivity index (χ3v) is 4.43. The third kappa shape index (κ3) is 4.50. The van der Waals surface area contributed by atoms with Crippen molar-refractivity contribution in [3.63, 3.8) is 0 Å². The van der Waals surface area contributed by atoms with Crippen molar-refractivity contribution < 1.29 is 18.5 Å². The number of hydrogen-bond donors (Lipinski definition) is 0. The van der Waals surface area contributed by atoms with Gasteiger partial charge in [-0.3, -0.25) is 14.7 Å². The molecule has 0 amide bonds. The molecule has 8 heteroatoms. The molecule has 0 aliphatic rings. The molecule has 0 heterocycles. The average Bonchev–Trinajstić information content (AvgIpc) is 2.45. The van der Waals surface area contributed by atoms with Gasteiger partial charge < -0.3 is 9.05 Å². The quantitative estimate of drug-likeness (QED) is 0.329. The highest BCUT2D eigenvalue weighted by Gasteiger charge is 2.29. The van der Waals surface area contributed by atoms with E-state index in [4.69, 9.17) is 14.3 Å². The van der Waals surface area contributed by atoms with E-state index in [1.54, 1.807) is 13.8 Å². The molecule has 0 saturated heterocycles. The predicted molar refractivity (Wildman–Crippen MR) is 77.5 cm³/mol. The van der Waals surface area contributed by atoms with Crippen LogP contribution in [-0.4, -0.2) is 18.1 Å². The number of nitriles is 1. The molecule has 1 aromatic carbocycles. The molecular weight excluding hydrogens is 295 g/mol. The minimum absolute atomic E-state index is 0.0662. The second-order valence-electron chi connectivity index (χ2n) is 3.82. The molecule has 0 radical (unpaired) electrons. The van der Waals surface area contributed by atoms with Gasteiger partial charge in [0, 0.05) is 12.1 Å². The molecular formula is C13H15N2O5P. The minimum Gasteiger partial charge on any atom is -0.305 e. The Labute approximate surface area is 122 Å². The van der Waals surface area contributed by atoms with Gasteiger partial charge in [0.1, 0.15) is 11.4 Å². The Hall–Kier alpha value is -2.00. The van der Waals surface area contributed by atoms with Crippen molar-refractivity contribution >= 4 is 19.4 Å². The Morgan fingerprint density at radius 3 is 2.24 bits per heavy atom. The summed E-state index contributed by atoms with van der Waals surface area (Å²) < 4.78 is 22.7. The van der Waals surface area contributed by atoms with E-state index < -0.39 is 12.5 Å². The van der Waals surface area contributed by atoms with E-state index in [0.29, 0.717) is 5.56 Å². The summed E-state index contributed by atoms with van der Waals surface area (Å²) in [5, 5.41) is 19.6. The molecule has 7 nitrogen and oxygen atoms in total. The molecule has 1 rings (SSSR count). The predicted octanol–water partition coefficient (Wildman–Crippen LogP) is 3.73. The maximum Gasteiger partial charge on any atom is 0.371 e. The number of allylic oxidation sites excluding steroid dienone is 1. The molecule has 1 aromatic rings. The second kappa shape index (κ2) is 7.70. The van der Waals surface area contributed by atoms with E-state index in [9.17, 15) is 14.7 Å². The van der Waals surface area contributed by atoms with Crippen LogP contribution < -0.4 is 0 Å². The Morgan fingerprint density at radius 1 is 1.33 bits per heavy atom. The molecule has 112 valence electrons. The summed E-state index contributed by atoms with van der Waals surface area (Å²) in [5.41, 5.74) is 0.431. The summed E-state index contributed by atoms with van der Waals surface area (Å²) in [5.74, 6) is 0. The lowest BCUT2D eigenvalue weighted by atomic mass is 10.2. The van der Waals surface area contributed by atoms with Crippen molar-refractivity contribution in [3.8, 4) is 6.07 Å². The SMILES string of the molecule is CCOP(=O)(OCC)/C(C#N)=C/c1ccc([N+](=O)[O-])cc1. The highest BCUT2D eigenvalue weighted by Crippen LogP contribution is 2.56. The Bertz CT molecular complexity index is 608. The van der Waals surface area contributed by atoms with Gasteiger partial charge in [-0.25, -0.2) is 0 Å².